The van der Waals surface area contributed by atoms with Crippen LogP contribution in [0.3, 0.4) is 0 Å². The van der Waals surface area contributed by atoms with Gasteiger partial charge in [0.1, 0.15) is 11.4 Å². The molecule has 0 aliphatic heterocycles. The summed E-state index contributed by atoms with van der Waals surface area (Å²) in [6, 6.07) is 10.6. The molecule has 0 aliphatic rings. The van der Waals surface area contributed by atoms with E-state index in [1.54, 1.807) is 18.2 Å². The molecule has 4 nitrogen and oxygen atoms in total. The van der Waals surface area contributed by atoms with Crippen LogP contribution in [0.25, 0.3) is 10.9 Å². The fourth-order valence-corrected chi connectivity index (χ4v) is 2.98. The Bertz CT molecular complexity index is 1020. The molecule has 0 aliphatic carbocycles. The van der Waals surface area contributed by atoms with E-state index in [-0.39, 0.29) is 5.56 Å². The van der Waals surface area contributed by atoms with Gasteiger partial charge in [0.2, 0.25) is 0 Å². The van der Waals surface area contributed by atoms with Crippen molar-refractivity contribution in [1.82, 2.24) is 10.3 Å². The maximum Gasteiger partial charge on any atom is 0.261 e. The second kappa shape index (κ2) is 7.25. The van der Waals surface area contributed by atoms with Crippen LogP contribution in [0.15, 0.2) is 47.3 Å². The Balaban J connectivity index is 1.73. The predicted octanol–water partition coefficient (Wildman–Crippen LogP) is 3.95. The molecular weight excluding hydrogens is 366 g/mol. The van der Waals surface area contributed by atoms with Crippen LogP contribution in [-0.4, -0.2) is 17.4 Å². The summed E-state index contributed by atoms with van der Waals surface area (Å²) in [5.41, 5.74) is 0.588. The molecule has 0 radical (unpaired) electrons. The van der Waals surface area contributed by atoms with E-state index in [9.17, 15) is 14.0 Å². The first-order chi connectivity index (χ1) is 11.9. The number of carbonyl (C=O) groups is 1. The Kier molecular flexibility index (Phi) is 5.06. The van der Waals surface area contributed by atoms with E-state index in [1.807, 2.05) is 0 Å². The maximum absolute atomic E-state index is 13.2. The van der Waals surface area contributed by atoms with Crippen LogP contribution in [0, 0.1) is 5.82 Å². The zero-order chi connectivity index (χ0) is 18.0. The normalized spacial score (nSPS) is 10.8. The number of nitrogens with one attached hydrogen (secondary N) is 2. The van der Waals surface area contributed by atoms with Gasteiger partial charge in [-0.3, -0.25) is 9.59 Å². The maximum atomic E-state index is 13.2. The van der Waals surface area contributed by atoms with Gasteiger partial charge in [-0.15, -0.1) is 0 Å². The van der Waals surface area contributed by atoms with E-state index < -0.39 is 17.3 Å². The summed E-state index contributed by atoms with van der Waals surface area (Å²) in [6.07, 6.45) is 0.498. The second-order valence-corrected chi connectivity index (χ2v) is 6.33. The number of amides is 1. The number of carbonyl (C=O) groups excluding carboxylic acids is 1. The van der Waals surface area contributed by atoms with Crippen LogP contribution < -0.4 is 10.9 Å². The number of halogens is 3. The molecule has 1 aromatic heterocycles. The lowest BCUT2D eigenvalue weighted by Crippen LogP contribution is -2.31. The molecule has 0 spiro atoms. The minimum absolute atomic E-state index is 0.0266. The van der Waals surface area contributed by atoms with Gasteiger partial charge in [0.05, 0.1) is 5.52 Å². The van der Waals surface area contributed by atoms with E-state index in [1.165, 1.54) is 24.3 Å². The van der Waals surface area contributed by atoms with Crippen molar-refractivity contribution in [2.45, 2.75) is 6.42 Å². The topological polar surface area (TPSA) is 62.0 Å². The average molecular weight is 379 g/mol. The second-order valence-electron chi connectivity index (χ2n) is 5.49. The molecule has 0 fully saturated rings. The first kappa shape index (κ1) is 17.5. The summed E-state index contributed by atoms with van der Waals surface area (Å²) in [5, 5.41) is 4.32. The first-order valence-corrected chi connectivity index (χ1v) is 8.24. The summed E-state index contributed by atoms with van der Waals surface area (Å²) in [6.45, 7) is 0.307. The van der Waals surface area contributed by atoms with Gasteiger partial charge >= 0.3 is 0 Å². The van der Waals surface area contributed by atoms with Gasteiger partial charge in [0.15, 0.2) is 0 Å². The number of H-pyrrole nitrogens is 1. The predicted molar refractivity (Wildman–Crippen MR) is 97.0 cm³/mol. The molecule has 0 bridgehead atoms. The van der Waals surface area contributed by atoms with Crippen molar-refractivity contribution in [3.05, 3.63) is 79.8 Å². The van der Waals surface area contributed by atoms with Gasteiger partial charge in [0, 0.05) is 16.6 Å². The van der Waals surface area contributed by atoms with E-state index >= 15 is 0 Å². The third-order valence-corrected chi connectivity index (χ3v) is 4.33. The average Bonchev–Trinajstić information content (AvgIpc) is 2.56. The van der Waals surface area contributed by atoms with Gasteiger partial charge in [-0.1, -0.05) is 29.3 Å². The summed E-state index contributed by atoms with van der Waals surface area (Å²) in [7, 11) is 0. The standard InChI is InChI=1S/C18H13Cl2FN2O2/c19-12-3-1-10(15(20)8-12)5-6-22-17(24)14-7-11-2-4-13(21)9-16(11)23-18(14)25/h1-4,7-9H,5-6H2,(H,22,24)(H,23,25). The van der Waals surface area contributed by atoms with Crippen molar-refractivity contribution in [3.8, 4) is 0 Å². The van der Waals surface area contributed by atoms with Crippen molar-refractivity contribution < 1.29 is 9.18 Å². The Morgan fingerprint density at radius 1 is 1.12 bits per heavy atom. The highest BCUT2D eigenvalue weighted by Crippen LogP contribution is 2.21. The van der Waals surface area contributed by atoms with Crippen LogP contribution in [0.1, 0.15) is 15.9 Å². The molecule has 2 aromatic carbocycles. The summed E-state index contributed by atoms with van der Waals surface area (Å²) in [4.78, 5) is 26.8. The fraction of sp³-hybridized carbons (Fsp3) is 0.111. The number of aromatic amines is 1. The number of benzene rings is 2. The molecule has 128 valence electrons. The SMILES string of the molecule is O=C(NCCc1ccc(Cl)cc1Cl)c1cc2ccc(F)cc2[nH]c1=O. The van der Waals surface area contributed by atoms with Crippen molar-refractivity contribution in [2.24, 2.45) is 0 Å². The molecule has 0 atom stereocenters. The molecule has 2 N–H and O–H groups in total. The molecule has 1 amide bonds. The van der Waals surface area contributed by atoms with Gasteiger partial charge in [-0.2, -0.15) is 0 Å². The lowest BCUT2D eigenvalue weighted by Gasteiger charge is -2.07. The van der Waals surface area contributed by atoms with Gasteiger partial charge in [0.25, 0.3) is 11.5 Å². The van der Waals surface area contributed by atoms with Crippen LogP contribution in [-0.2, 0) is 6.42 Å². The fourth-order valence-electron chi connectivity index (χ4n) is 2.47. The third-order valence-electron chi connectivity index (χ3n) is 3.75. The van der Waals surface area contributed by atoms with Crippen molar-refractivity contribution in [2.75, 3.05) is 6.54 Å². The smallest absolute Gasteiger partial charge is 0.261 e. The van der Waals surface area contributed by atoms with E-state index in [4.69, 9.17) is 23.2 Å². The zero-order valence-electron chi connectivity index (χ0n) is 12.9. The molecule has 0 unspecified atom stereocenters. The number of fused-ring (bicyclic) bond motifs is 1. The largest absolute Gasteiger partial charge is 0.352 e. The van der Waals surface area contributed by atoms with E-state index in [0.717, 1.165) is 5.56 Å². The number of aromatic nitrogens is 1. The van der Waals surface area contributed by atoms with Crippen LogP contribution in [0.5, 0.6) is 0 Å². The highest BCUT2D eigenvalue weighted by Gasteiger charge is 2.12. The molecule has 0 saturated heterocycles. The van der Waals surface area contributed by atoms with E-state index in [0.29, 0.717) is 33.9 Å². The Morgan fingerprint density at radius 3 is 2.68 bits per heavy atom. The molecule has 1 heterocycles. The van der Waals surface area contributed by atoms with Gasteiger partial charge < -0.3 is 10.3 Å². The Labute approximate surface area is 152 Å². The minimum atomic E-state index is -0.569. The van der Waals surface area contributed by atoms with E-state index in [2.05, 4.69) is 10.3 Å². The third kappa shape index (κ3) is 4.00. The van der Waals surface area contributed by atoms with Crippen LogP contribution in [0.2, 0.25) is 10.0 Å². The number of pyridine rings is 1. The molecule has 0 saturated carbocycles. The van der Waals surface area contributed by atoms with Crippen LogP contribution in [0.4, 0.5) is 4.39 Å². The van der Waals surface area contributed by atoms with Crippen molar-refractivity contribution >= 4 is 40.0 Å². The molecule has 25 heavy (non-hydrogen) atoms. The van der Waals surface area contributed by atoms with Crippen molar-refractivity contribution in [1.29, 1.82) is 0 Å². The lowest BCUT2D eigenvalue weighted by molar-refractivity contribution is 0.0953. The number of hydrogen-bond acceptors (Lipinski definition) is 2. The highest BCUT2D eigenvalue weighted by molar-refractivity contribution is 6.35. The number of hydrogen-bond donors (Lipinski definition) is 2. The van der Waals surface area contributed by atoms with Gasteiger partial charge in [-0.05, 0) is 53.8 Å². The number of rotatable bonds is 4. The molecule has 3 aromatic rings. The molecule has 7 heteroatoms. The Hall–Kier alpha value is -2.37. The highest BCUT2D eigenvalue weighted by atomic mass is 35.5. The summed E-state index contributed by atoms with van der Waals surface area (Å²) >= 11 is 11.9. The summed E-state index contributed by atoms with van der Waals surface area (Å²) < 4.78 is 13.2. The van der Waals surface area contributed by atoms with Gasteiger partial charge in [-0.25, -0.2) is 4.39 Å². The molecule has 3 rings (SSSR count). The van der Waals surface area contributed by atoms with Crippen molar-refractivity contribution in [3.63, 3.8) is 0 Å². The summed E-state index contributed by atoms with van der Waals surface area (Å²) in [5.74, 6) is -0.960. The monoisotopic (exact) mass is 378 g/mol. The molecular formula is C18H13Cl2FN2O2. The van der Waals surface area contributed by atoms with Crippen LogP contribution >= 0.6 is 23.2 Å². The minimum Gasteiger partial charge on any atom is -0.352 e. The lowest BCUT2D eigenvalue weighted by atomic mass is 10.1. The quantitative estimate of drug-likeness (QED) is 0.721. The Morgan fingerprint density at radius 2 is 1.92 bits per heavy atom. The zero-order valence-corrected chi connectivity index (χ0v) is 14.4. The first-order valence-electron chi connectivity index (χ1n) is 7.49.